The van der Waals surface area contributed by atoms with Crippen molar-refractivity contribution < 1.29 is 9.53 Å². The van der Waals surface area contributed by atoms with Crippen molar-refractivity contribution in [2.24, 2.45) is 0 Å². The fraction of sp³-hybridized carbons (Fsp3) is 0.650. The maximum absolute atomic E-state index is 13.0. The van der Waals surface area contributed by atoms with Crippen LogP contribution < -0.4 is 15.6 Å². The molecule has 3 atom stereocenters. The van der Waals surface area contributed by atoms with E-state index in [1.54, 1.807) is 7.11 Å². The zero-order valence-corrected chi connectivity index (χ0v) is 16.4. The molecule has 2 fully saturated rings. The van der Waals surface area contributed by atoms with Crippen molar-refractivity contribution in [1.82, 2.24) is 20.7 Å². The third-order valence-corrected chi connectivity index (χ3v) is 5.69. The standard InChI is InChI=1S/C20H32N4O2/c1-5-15-13-23(10-11-24(15)14(2)3)20(25)18-12-17(21-22-18)16-8-6-7-9-19(16)26-4/h6-9,14-15,17-18,21-22H,5,10-13H2,1-4H3. The first-order chi connectivity index (χ1) is 12.5. The first-order valence-electron chi connectivity index (χ1n) is 9.73. The van der Waals surface area contributed by atoms with Gasteiger partial charge in [-0.1, -0.05) is 25.1 Å². The van der Waals surface area contributed by atoms with Gasteiger partial charge < -0.3 is 9.64 Å². The van der Waals surface area contributed by atoms with Crippen molar-refractivity contribution in [3.05, 3.63) is 29.8 Å². The molecule has 6 heteroatoms. The summed E-state index contributed by atoms with van der Waals surface area (Å²) in [6.07, 6.45) is 1.81. The molecular formula is C20H32N4O2. The summed E-state index contributed by atoms with van der Waals surface area (Å²) in [4.78, 5) is 17.6. The largest absolute Gasteiger partial charge is 0.496 e. The summed E-state index contributed by atoms with van der Waals surface area (Å²) in [5.74, 6) is 1.06. The Hall–Kier alpha value is -1.63. The molecule has 2 aliphatic heterocycles. The SMILES string of the molecule is CCC1CN(C(=O)C2CC(c3ccccc3OC)NN2)CCN1C(C)C. The minimum atomic E-state index is -0.187. The summed E-state index contributed by atoms with van der Waals surface area (Å²) in [5, 5.41) is 0. The summed E-state index contributed by atoms with van der Waals surface area (Å²) >= 11 is 0. The normalized spacial score (nSPS) is 27.1. The number of nitrogens with one attached hydrogen (secondary N) is 2. The van der Waals surface area contributed by atoms with Gasteiger partial charge in [-0.3, -0.25) is 9.69 Å². The molecule has 3 unspecified atom stereocenters. The molecule has 2 aliphatic rings. The van der Waals surface area contributed by atoms with E-state index in [0.29, 0.717) is 12.1 Å². The van der Waals surface area contributed by atoms with Gasteiger partial charge in [0, 0.05) is 37.3 Å². The van der Waals surface area contributed by atoms with Crippen molar-refractivity contribution in [3.8, 4) is 5.75 Å². The van der Waals surface area contributed by atoms with Crippen LogP contribution in [0.1, 0.15) is 45.2 Å². The van der Waals surface area contributed by atoms with E-state index in [9.17, 15) is 4.79 Å². The molecule has 1 aromatic carbocycles. The van der Waals surface area contributed by atoms with Gasteiger partial charge >= 0.3 is 0 Å². The van der Waals surface area contributed by atoms with Crippen LogP contribution in [0.4, 0.5) is 0 Å². The van der Waals surface area contributed by atoms with Crippen molar-refractivity contribution >= 4 is 5.91 Å². The molecule has 1 aromatic rings. The van der Waals surface area contributed by atoms with Crippen LogP contribution in [0.25, 0.3) is 0 Å². The number of nitrogens with zero attached hydrogens (tertiary/aromatic N) is 2. The summed E-state index contributed by atoms with van der Waals surface area (Å²) in [6, 6.07) is 8.86. The molecule has 6 nitrogen and oxygen atoms in total. The molecule has 2 saturated heterocycles. The fourth-order valence-electron chi connectivity index (χ4n) is 4.21. The van der Waals surface area contributed by atoms with Crippen LogP contribution in [0, 0.1) is 0 Å². The highest BCUT2D eigenvalue weighted by molar-refractivity contribution is 5.82. The zero-order valence-electron chi connectivity index (χ0n) is 16.4. The molecule has 3 rings (SSSR count). The van der Waals surface area contributed by atoms with Gasteiger partial charge in [0.2, 0.25) is 5.91 Å². The number of rotatable bonds is 5. The second-order valence-corrected chi connectivity index (χ2v) is 7.55. The lowest BCUT2D eigenvalue weighted by molar-refractivity contribution is -0.136. The number of benzene rings is 1. The van der Waals surface area contributed by atoms with Crippen LogP contribution in [0.15, 0.2) is 24.3 Å². The average molecular weight is 361 g/mol. The van der Waals surface area contributed by atoms with E-state index in [4.69, 9.17) is 4.74 Å². The van der Waals surface area contributed by atoms with E-state index >= 15 is 0 Å². The number of carbonyl (C=O) groups is 1. The van der Waals surface area contributed by atoms with E-state index in [-0.39, 0.29) is 18.0 Å². The molecule has 2 heterocycles. The Morgan fingerprint density at radius 2 is 2.04 bits per heavy atom. The number of para-hydroxylation sites is 1. The number of hydrogen-bond acceptors (Lipinski definition) is 5. The third-order valence-electron chi connectivity index (χ3n) is 5.69. The Morgan fingerprint density at radius 1 is 1.27 bits per heavy atom. The zero-order chi connectivity index (χ0) is 18.7. The first kappa shape index (κ1) is 19.1. The van der Waals surface area contributed by atoms with Gasteiger partial charge in [-0.15, -0.1) is 0 Å². The molecule has 1 amide bonds. The van der Waals surface area contributed by atoms with Gasteiger partial charge in [-0.2, -0.15) is 0 Å². The Morgan fingerprint density at radius 3 is 2.73 bits per heavy atom. The van der Waals surface area contributed by atoms with Crippen molar-refractivity contribution in [2.75, 3.05) is 26.7 Å². The third kappa shape index (κ3) is 3.87. The van der Waals surface area contributed by atoms with E-state index < -0.39 is 0 Å². The predicted molar refractivity (Wildman–Crippen MR) is 103 cm³/mol. The number of hydrazine groups is 1. The number of methoxy groups -OCH3 is 1. The van der Waals surface area contributed by atoms with Crippen LogP contribution in [-0.4, -0.2) is 60.6 Å². The average Bonchev–Trinajstić information content (AvgIpc) is 3.16. The molecule has 0 saturated carbocycles. The number of hydrogen-bond donors (Lipinski definition) is 2. The number of piperazine rings is 1. The number of carbonyl (C=O) groups excluding carboxylic acids is 1. The quantitative estimate of drug-likeness (QED) is 0.840. The van der Waals surface area contributed by atoms with Crippen molar-refractivity contribution in [2.45, 2.75) is 57.8 Å². The number of ether oxygens (including phenoxy) is 1. The predicted octanol–water partition coefficient (Wildman–Crippen LogP) is 1.93. The molecular weight excluding hydrogens is 328 g/mol. The van der Waals surface area contributed by atoms with Gasteiger partial charge in [0.25, 0.3) is 0 Å². The van der Waals surface area contributed by atoms with Gasteiger partial charge in [0.05, 0.1) is 13.2 Å². The maximum Gasteiger partial charge on any atom is 0.241 e. The van der Waals surface area contributed by atoms with Gasteiger partial charge in [0.15, 0.2) is 0 Å². The number of amides is 1. The minimum Gasteiger partial charge on any atom is -0.496 e. The Kier molecular flexibility index (Phi) is 6.16. The van der Waals surface area contributed by atoms with Gasteiger partial charge in [-0.25, -0.2) is 10.9 Å². The van der Waals surface area contributed by atoms with Crippen LogP contribution in [0.3, 0.4) is 0 Å². The maximum atomic E-state index is 13.0. The minimum absolute atomic E-state index is 0.0824. The second kappa shape index (κ2) is 8.37. The molecule has 0 spiro atoms. The lowest BCUT2D eigenvalue weighted by atomic mass is 9.99. The van der Waals surface area contributed by atoms with Crippen LogP contribution >= 0.6 is 0 Å². The van der Waals surface area contributed by atoms with E-state index in [2.05, 4.69) is 42.6 Å². The van der Waals surface area contributed by atoms with Gasteiger partial charge in [-0.05, 0) is 32.8 Å². The first-order valence-corrected chi connectivity index (χ1v) is 9.73. The fourth-order valence-corrected chi connectivity index (χ4v) is 4.21. The van der Waals surface area contributed by atoms with Crippen molar-refractivity contribution in [1.29, 1.82) is 0 Å². The smallest absolute Gasteiger partial charge is 0.241 e. The van der Waals surface area contributed by atoms with Crippen LogP contribution in [0.5, 0.6) is 5.75 Å². The monoisotopic (exact) mass is 360 g/mol. The molecule has 0 bridgehead atoms. The summed E-state index contributed by atoms with van der Waals surface area (Å²) < 4.78 is 5.46. The van der Waals surface area contributed by atoms with Crippen LogP contribution in [-0.2, 0) is 4.79 Å². The van der Waals surface area contributed by atoms with E-state index in [0.717, 1.165) is 43.8 Å². The van der Waals surface area contributed by atoms with E-state index in [1.165, 1.54) is 0 Å². The topological polar surface area (TPSA) is 56.8 Å². The molecule has 2 N–H and O–H groups in total. The highest BCUT2D eigenvalue weighted by Crippen LogP contribution is 2.30. The Labute approximate surface area is 156 Å². The molecule has 0 aliphatic carbocycles. The molecule has 26 heavy (non-hydrogen) atoms. The Bertz CT molecular complexity index is 622. The van der Waals surface area contributed by atoms with Crippen LogP contribution in [0.2, 0.25) is 0 Å². The second-order valence-electron chi connectivity index (χ2n) is 7.55. The molecule has 0 radical (unpaired) electrons. The lowest BCUT2D eigenvalue weighted by Gasteiger charge is -2.43. The summed E-state index contributed by atoms with van der Waals surface area (Å²) in [7, 11) is 1.68. The van der Waals surface area contributed by atoms with E-state index in [1.807, 2.05) is 23.1 Å². The highest BCUT2D eigenvalue weighted by atomic mass is 16.5. The summed E-state index contributed by atoms with van der Waals surface area (Å²) in [6.45, 7) is 9.27. The van der Waals surface area contributed by atoms with Gasteiger partial charge in [0.1, 0.15) is 11.8 Å². The summed E-state index contributed by atoms with van der Waals surface area (Å²) in [5.41, 5.74) is 7.58. The highest BCUT2D eigenvalue weighted by Gasteiger charge is 2.37. The molecule has 144 valence electrons. The van der Waals surface area contributed by atoms with Crippen molar-refractivity contribution in [3.63, 3.8) is 0 Å². The Balaban J connectivity index is 1.63. The molecule has 0 aromatic heterocycles. The lowest BCUT2D eigenvalue weighted by Crippen LogP contribution is -2.59.